The third-order valence-corrected chi connectivity index (χ3v) is 6.07. The van der Waals surface area contributed by atoms with Gasteiger partial charge in [-0.15, -0.1) is 0 Å². The summed E-state index contributed by atoms with van der Waals surface area (Å²) < 4.78 is 46.4. The van der Waals surface area contributed by atoms with Crippen molar-refractivity contribution in [2.45, 2.75) is 19.8 Å². The summed E-state index contributed by atoms with van der Waals surface area (Å²) in [5.41, 5.74) is 0.612. The van der Waals surface area contributed by atoms with Gasteiger partial charge >= 0.3 is 5.97 Å². The van der Waals surface area contributed by atoms with Gasteiger partial charge in [-0.3, -0.25) is 9.59 Å². The largest absolute Gasteiger partial charge is 0.469 e. The summed E-state index contributed by atoms with van der Waals surface area (Å²) in [6.07, 6.45) is 0.812. The average Bonchev–Trinajstić information content (AvgIpc) is 2.66. The summed E-state index contributed by atoms with van der Waals surface area (Å²) in [6, 6.07) is 4.15. The Kier molecular flexibility index (Phi) is 7.28. The highest BCUT2D eigenvalue weighted by molar-refractivity contribution is 7.87. The highest BCUT2D eigenvalue weighted by Crippen LogP contribution is 2.20. The van der Waals surface area contributed by atoms with Crippen LogP contribution in [0, 0.1) is 18.7 Å². The zero-order valence-electron chi connectivity index (χ0n) is 15.3. The molecule has 0 saturated carbocycles. The van der Waals surface area contributed by atoms with E-state index in [4.69, 9.17) is 0 Å². The van der Waals surface area contributed by atoms with Gasteiger partial charge in [-0.1, -0.05) is 6.07 Å². The molecule has 2 N–H and O–H groups in total. The standard InChI is InChI=1S/C17H24FN3O5S/c1-12-3-4-14(11-15(12)18)16(22)19-7-8-20-27(24,25)21-9-5-13(6-10-21)17(23)26-2/h3-4,11,13,20H,5-10H2,1-2H3,(H,19,22). The minimum Gasteiger partial charge on any atom is -0.469 e. The number of aryl methyl sites for hydroxylation is 1. The molecule has 1 aliphatic rings. The first-order valence-corrected chi connectivity index (χ1v) is 10.1. The number of halogens is 1. The molecule has 27 heavy (non-hydrogen) atoms. The number of hydrogen-bond acceptors (Lipinski definition) is 5. The maximum atomic E-state index is 13.5. The lowest BCUT2D eigenvalue weighted by atomic mass is 9.99. The number of methoxy groups -OCH3 is 1. The lowest BCUT2D eigenvalue weighted by Gasteiger charge is -2.29. The van der Waals surface area contributed by atoms with Crippen molar-refractivity contribution in [2.24, 2.45) is 5.92 Å². The zero-order chi connectivity index (χ0) is 20.0. The molecule has 1 amide bonds. The van der Waals surface area contributed by atoms with Gasteiger partial charge < -0.3 is 10.1 Å². The van der Waals surface area contributed by atoms with Gasteiger partial charge in [0.1, 0.15) is 5.82 Å². The number of piperidine rings is 1. The van der Waals surface area contributed by atoms with Crippen LogP contribution >= 0.6 is 0 Å². The Balaban J connectivity index is 1.76. The van der Waals surface area contributed by atoms with E-state index in [0.717, 1.165) is 6.07 Å². The lowest BCUT2D eigenvalue weighted by molar-refractivity contribution is -0.146. The Morgan fingerprint density at radius 1 is 1.26 bits per heavy atom. The first-order chi connectivity index (χ1) is 12.7. The lowest BCUT2D eigenvalue weighted by Crippen LogP contribution is -2.47. The molecule has 1 aromatic carbocycles. The van der Waals surface area contributed by atoms with Crippen molar-refractivity contribution in [3.63, 3.8) is 0 Å². The second-order valence-corrected chi connectivity index (χ2v) is 8.07. The number of nitrogens with one attached hydrogen (secondary N) is 2. The molecular formula is C17H24FN3O5S. The molecule has 0 unspecified atom stereocenters. The van der Waals surface area contributed by atoms with E-state index in [-0.39, 0.29) is 43.6 Å². The Labute approximate surface area is 158 Å². The summed E-state index contributed by atoms with van der Waals surface area (Å²) in [7, 11) is -2.38. The van der Waals surface area contributed by atoms with Gasteiger partial charge in [0.25, 0.3) is 16.1 Å². The number of benzene rings is 1. The number of nitrogens with zero attached hydrogens (tertiary/aromatic N) is 1. The number of hydrogen-bond donors (Lipinski definition) is 2. The van der Waals surface area contributed by atoms with Gasteiger partial charge in [-0.25, -0.2) is 9.11 Å². The van der Waals surface area contributed by atoms with E-state index in [2.05, 4.69) is 14.8 Å². The van der Waals surface area contributed by atoms with Crippen molar-refractivity contribution in [2.75, 3.05) is 33.3 Å². The maximum absolute atomic E-state index is 13.5. The van der Waals surface area contributed by atoms with Crippen LogP contribution in [-0.4, -0.2) is 57.9 Å². The smallest absolute Gasteiger partial charge is 0.308 e. The second kappa shape index (κ2) is 9.25. The summed E-state index contributed by atoms with van der Waals surface area (Å²) in [5.74, 6) is -1.56. The van der Waals surface area contributed by atoms with Crippen LogP contribution in [0.3, 0.4) is 0 Å². The Hall–Kier alpha value is -2.04. The van der Waals surface area contributed by atoms with Crippen molar-refractivity contribution < 1.29 is 27.1 Å². The molecule has 150 valence electrons. The number of esters is 1. The number of carbonyl (C=O) groups is 2. The van der Waals surface area contributed by atoms with Crippen LogP contribution in [0.15, 0.2) is 18.2 Å². The fraction of sp³-hybridized carbons (Fsp3) is 0.529. The van der Waals surface area contributed by atoms with Gasteiger partial charge in [0.05, 0.1) is 13.0 Å². The maximum Gasteiger partial charge on any atom is 0.308 e. The number of carbonyl (C=O) groups excluding carboxylic acids is 2. The van der Waals surface area contributed by atoms with Crippen LogP contribution in [0.2, 0.25) is 0 Å². The van der Waals surface area contributed by atoms with Crippen LogP contribution in [-0.2, 0) is 19.7 Å². The van der Waals surface area contributed by atoms with Crippen molar-refractivity contribution in [3.8, 4) is 0 Å². The van der Waals surface area contributed by atoms with E-state index < -0.39 is 21.9 Å². The highest BCUT2D eigenvalue weighted by Gasteiger charge is 2.31. The molecule has 10 heteroatoms. The molecule has 1 aliphatic heterocycles. The monoisotopic (exact) mass is 401 g/mol. The minimum absolute atomic E-state index is 0.000648. The number of rotatable bonds is 7. The molecule has 1 heterocycles. The number of ether oxygens (including phenoxy) is 1. The van der Waals surface area contributed by atoms with E-state index in [1.165, 1.54) is 23.5 Å². The molecule has 0 aromatic heterocycles. The Bertz CT molecular complexity index is 792. The third kappa shape index (κ3) is 5.72. The third-order valence-electron chi connectivity index (χ3n) is 4.46. The molecule has 0 spiro atoms. The van der Waals surface area contributed by atoms with Crippen LogP contribution in [0.25, 0.3) is 0 Å². The normalized spacial score (nSPS) is 16.1. The van der Waals surface area contributed by atoms with E-state index >= 15 is 0 Å². The number of amides is 1. The summed E-state index contributed by atoms with van der Waals surface area (Å²) >= 11 is 0. The summed E-state index contributed by atoms with van der Waals surface area (Å²) in [6.45, 7) is 2.11. The fourth-order valence-corrected chi connectivity index (χ4v) is 4.02. The van der Waals surface area contributed by atoms with E-state index in [1.807, 2.05) is 0 Å². The molecule has 0 radical (unpaired) electrons. The van der Waals surface area contributed by atoms with E-state index in [9.17, 15) is 22.4 Å². The van der Waals surface area contributed by atoms with Gasteiger partial charge in [-0.2, -0.15) is 12.7 Å². The van der Waals surface area contributed by atoms with Crippen molar-refractivity contribution in [1.82, 2.24) is 14.3 Å². The molecule has 1 aromatic rings. The van der Waals surface area contributed by atoms with E-state index in [0.29, 0.717) is 18.4 Å². The van der Waals surface area contributed by atoms with Gasteiger partial charge in [0.15, 0.2) is 0 Å². The van der Waals surface area contributed by atoms with Crippen LogP contribution in [0.4, 0.5) is 4.39 Å². The predicted molar refractivity (Wildman–Crippen MR) is 96.7 cm³/mol. The molecule has 0 atom stereocenters. The minimum atomic E-state index is -3.69. The second-order valence-electron chi connectivity index (χ2n) is 6.32. The Morgan fingerprint density at radius 2 is 1.93 bits per heavy atom. The summed E-state index contributed by atoms with van der Waals surface area (Å²) in [5, 5.41) is 2.54. The molecule has 0 bridgehead atoms. The van der Waals surface area contributed by atoms with Crippen molar-refractivity contribution in [3.05, 3.63) is 35.1 Å². The molecule has 1 saturated heterocycles. The molecule has 2 rings (SSSR count). The Morgan fingerprint density at radius 3 is 2.52 bits per heavy atom. The quantitative estimate of drug-likeness (QED) is 0.514. The molecule has 0 aliphatic carbocycles. The molecule has 8 nitrogen and oxygen atoms in total. The predicted octanol–water partition coefficient (Wildman–Crippen LogP) is 0.583. The zero-order valence-corrected chi connectivity index (χ0v) is 16.1. The fourth-order valence-electron chi connectivity index (χ4n) is 2.78. The van der Waals surface area contributed by atoms with Crippen LogP contribution in [0.5, 0.6) is 0 Å². The van der Waals surface area contributed by atoms with Crippen LogP contribution in [0.1, 0.15) is 28.8 Å². The van der Waals surface area contributed by atoms with Gasteiger partial charge in [-0.05, 0) is 37.5 Å². The van der Waals surface area contributed by atoms with Gasteiger partial charge in [0.2, 0.25) is 0 Å². The van der Waals surface area contributed by atoms with Crippen LogP contribution < -0.4 is 10.0 Å². The first-order valence-electron chi connectivity index (χ1n) is 8.61. The molecular weight excluding hydrogens is 377 g/mol. The SMILES string of the molecule is COC(=O)C1CCN(S(=O)(=O)NCCNC(=O)c2ccc(C)c(F)c2)CC1. The molecule has 1 fully saturated rings. The van der Waals surface area contributed by atoms with E-state index in [1.54, 1.807) is 6.92 Å². The van der Waals surface area contributed by atoms with Gasteiger partial charge in [0, 0.05) is 31.7 Å². The topological polar surface area (TPSA) is 105 Å². The highest BCUT2D eigenvalue weighted by atomic mass is 32.2. The summed E-state index contributed by atoms with van der Waals surface area (Å²) in [4.78, 5) is 23.4. The van der Waals surface area contributed by atoms with Crippen molar-refractivity contribution in [1.29, 1.82) is 0 Å². The average molecular weight is 401 g/mol. The van der Waals surface area contributed by atoms with Crippen molar-refractivity contribution >= 4 is 22.1 Å². The first kappa shape index (κ1) is 21.3.